The average molecular weight is 198 g/mol. The summed E-state index contributed by atoms with van der Waals surface area (Å²) < 4.78 is 0. The summed E-state index contributed by atoms with van der Waals surface area (Å²) in [7, 11) is 4.13. The lowest BCUT2D eigenvalue weighted by Crippen LogP contribution is -2.31. The fourth-order valence-electron chi connectivity index (χ4n) is 1.26. The molecule has 0 bridgehead atoms. The van der Waals surface area contributed by atoms with Gasteiger partial charge in [-0.1, -0.05) is 30.3 Å². The number of halogens is 1. The van der Waals surface area contributed by atoms with Gasteiger partial charge in [0.1, 0.15) is 0 Å². The molecule has 0 heterocycles. The van der Waals surface area contributed by atoms with Crippen LogP contribution < -0.4 is 0 Å². The van der Waals surface area contributed by atoms with Gasteiger partial charge in [-0.05, 0) is 26.1 Å². The van der Waals surface area contributed by atoms with Gasteiger partial charge < -0.3 is 4.90 Å². The Hall–Kier alpha value is -0.530. The van der Waals surface area contributed by atoms with Crippen LogP contribution in [-0.2, 0) is 6.42 Å². The Balaban J connectivity index is 2.57. The lowest BCUT2D eigenvalue weighted by atomic mass is 10.1. The number of likely N-dealkylation sites (N-methyl/N-ethyl adjacent to an activating group) is 1. The molecule has 0 amide bonds. The molecule has 0 fully saturated rings. The van der Waals surface area contributed by atoms with E-state index in [4.69, 9.17) is 11.6 Å². The van der Waals surface area contributed by atoms with Crippen LogP contribution in [-0.4, -0.2) is 30.9 Å². The molecule has 0 aromatic heterocycles. The van der Waals surface area contributed by atoms with Crippen molar-refractivity contribution in [1.82, 2.24) is 4.90 Å². The van der Waals surface area contributed by atoms with Gasteiger partial charge in [0.05, 0.1) is 0 Å². The van der Waals surface area contributed by atoms with E-state index in [0.29, 0.717) is 11.9 Å². The second kappa shape index (κ2) is 5.25. The van der Waals surface area contributed by atoms with Gasteiger partial charge in [-0.15, -0.1) is 11.6 Å². The Morgan fingerprint density at radius 1 is 1.23 bits per heavy atom. The molecule has 0 saturated carbocycles. The van der Waals surface area contributed by atoms with E-state index in [2.05, 4.69) is 43.3 Å². The van der Waals surface area contributed by atoms with Gasteiger partial charge in [0, 0.05) is 11.9 Å². The SMILES string of the molecule is CN(C)C(CCl)Cc1ccccc1. The minimum Gasteiger partial charge on any atom is -0.305 e. The van der Waals surface area contributed by atoms with Crippen molar-refractivity contribution in [2.75, 3.05) is 20.0 Å². The molecule has 0 radical (unpaired) electrons. The van der Waals surface area contributed by atoms with Gasteiger partial charge in [0.2, 0.25) is 0 Å². The molecule has 1 atom stereocenters. The molecule has 0 spiro atoms. The molecular formula is C11H16ClN. The number of hydrogen-bond donors (Lipinski definition) is 0. The summed E-state index contributed by atoms with van der Waals surface area (Å²) in [5.74, 6) is 0.682. The maximum atomic E-state index is 5.87. The summed E-state index contributed by atoms with van der Waals surface area (Å²) >= 11 is 5.87. The fourth-order valence-corrected chi connectivity index (χ4v) is 1.65. The zero-order valence-corrected chi connectivity index (χ0v) is 8.96. The van der Waals surface area contributed by atoms with Crippen molar-refractivity contribution in [2.45, 2.75) is 12.5 Å². The van der Waals surface area contributed by atoms with E-state index < -0.39 is 0 Å². The van der Waals surface area contributed by atoms with Gasteiger partial charge in [-0.2, -0.15) is 0 Å². The lowest BCUT2D eigenvalue weighted by Gasteiger charge is -2.21. The standard InChI is InChI=1S/C11H16ClN/c1-13(2)11(9-12)8-10-6-4-3-5-7-10/h3-7,11H,8-9H2,1-2H3. The molecule has 0 aliphatic carbocycles. The molecule has 1 unspecified atom stereocenters. The van der Waals surface area contributed by atoms with Gasteiger partial charge in [0.25, 0.3) is 0 Å². The van der Waals surface area contributed by atoms with Gasteiger partial charge in [0.15, 0.2) is 0 Å². The van der Waals surface area contributed by atoms with E-state index in [9.17, 15) is 0 Å². The minimum absolute atomic E-state index is 0.434. The second-order valence-corrected chi connectivity index (χ2v) is 3.77. The lowest BCUT2D eigenvalue weighted by molar-refractivity contribution is 0.315. The van der Waals surface area contributed by atoms with E-state index in [-0.39, 0.29) is 0 Å². The van der Waals surface area contributed by atoms with Crippen LogP contribution in [0, 0.1) is 0 Å². The van der Waals surface area contributed by atoms with E-state index in [1.807, 2.05) is 6.07 Å². The Kier molecular flexibility index (Phi) is 4.26. The van der Waals surface area contributed by atoms with Crippen LogP contribution >= 0.6 is 11.6 Å². The van der Waals surface area contributed by atoms with Gasteiger partial charge in [-0.3, -0.25) is 0 Å². The Morgan fingerprint density at radius 2 is 1.85 bits per heavy atom. The molecule has 2 heteroatoms. The predicted octanol–water partition coefficient (Wildman–Crippen LogP) is 2.40. The Bertz CT molecular complexity index is 233. The third kappa shape index (κ3) is 3.37. The molecule has 1 rings (SSSR count). The first-order valence-corrected chi connectivity index (χ1v) is 5.04. The van der Waals surface area contributed by atoms with Crippen molar-refractivity contribution in [1.29, 1.82) is 0 Å². The van der Waals surface area contributed by atoms with Crippen molar-refractivity contribution in [3.63, 3.8) is 0 Å². The van der Waals surface area contributed by atoms with Gasteiger partial charge in [-0.25, -0.2) is 0 Å². The summed E-state index contributed by atoms with van der Waals surface area (Å²) in [6, 6.07) is 10.9. The van der Waals surface area contributed by atoms with Crippen LogP contribution in [0.1, 0.15) is 5.56 Å². The topological polar surface area (TPSA) is 3.24 Å². The number of rotatable bonds is 4. The molecule has 0 N–H and O–H groups in total. The first kappa shape index (κ1) is 10.6. The maximum absolute atomic E-state index is 5.87. The molecule has 13 heavy (non-hydrogen) atoms. The van der Waals surface area contributed by atoms with E-state index in [1.165, 1.54) is 5.56 Å². The molecule has 72 valence electrons. The normalized spacial score (nSPS) is 13.2. The molecule has 0 saturated heterocycles. The Labute approximate surface area is 85.3 Å². The second-order valence-electron chi connectivity index (χ2n) is 3.46. The number of hydrogen-bond acceptors (Lipinski definition) is 1. The highest BCUT2D eigenvalue weighted by molar-refractivity contribution is 6.18. The molecule has 0 aliphatic rings. The van der Waals surface area contributed by atoms with Crippen molar-refractivity contribution >= 4 is 11.6 Å². The molecule has 1 aromatic rings. The highest BCUT2D eigenvalue weighted by atomic mass is 35.5. The molecule has 1 aromatic carbocycles. The van der Waals surface area contributed by atoms with Crippen LogP contribution in [0.15, 0.2) is 30.3 Å². The van der Waals surface area contributed by atoms with Crippen molar-refractivity contribution in [3.05, 3.63) is 35.9 Å². The summed E-state index contributed by atoms with van der Waals surface area (Å²) in [5, 5.41) is 0. The third-order valence-electron chi connectivity index (χ3n) is 2.22. The summed E-state index contributed by atoms with van der Waals surface area (Å²) in [4.78, 5) is 2.17. The quantitative estimate of drug-likeness (QED) is 0.671. The zero-order chi connectivity index (χ0) is 9.68. The monoisotopic (exact) mass is 197 g/mol. The largest absolute Gasteiger partial charge is 0.305 e. The van der Waals surface area contributed by atoms with Crippen molar-refractivity contribution in [2.24, 2.45) is 0 Å². The van der Waals surface area contributed by atoms with Crippen LogP contribution in [0.25, 0.3) is 0 Å². The summed E-state index contributed by atoms with van der Waals surface area (Å²) in [6.07, 6.45) is 1.03. The van der Waals surface area contributed by atoms with Crippen molar-refractivity contribution < 1.29 is 0 Å². The van der Waals surface area contributed by atoms with Crippen LogP contribution in [0.5, 0.6) is 0 Å². The van der Waals surface area contributed by atoms with Crippen molar-refractivity contribution in [3.8, 4) is 0 Å². The zero-order valence-electron chi connectivity index (χ0n) is 8.20. The number of alkyl halides is 1. The molecule has 0 aliphatic heterocycles. The van der Waals surface area contributed by atoms with E-state index in [0.717, 1.165) is 6.42 Å². The third-order valence-corrected chi connectivity index (χ3v) is 2.58. The van der Waals surface area contributed by atoms with E-state index in [1.54, 1.807) is 0 Å². The smallest absolute Gasteiger partial charge is 0.0382 e. The summed E-state index contributed by atoms with van der Waals surface area (Å²) in [5.41, 5.74) is 1.35. The summed E-state index contributed by atoms with van der Waals surface area (Å²) in [6.45, 7) is 0. The highest BCUT2D eigenvalue weighted by Gasteiger charge is 2.09. The number of benzene rings is 1. The molecular weight excluding hydrogens is 182 g/mol. The number of nitrogens with zero attached hydrogens (tertiary/aromatic N) is 1. The fraction of sp³-hybridized carbons (Fsp3) is 0.455. The predicted molar refractivity (Wildman–Crippen MR) is 58.3 cm³/mol. The Morgan fingerprint density at radius 3 is 2.31 bits per heavy atom. The van der Waals surface area contributed by atoms with Gasteiger partial charge >= 0.3 is 0 Å². The van der Waals surface area contributed by atoms with Crippen LogP contribution in [0.3, 0.4) is 0 Å². The van der Waals surface area contributed by atoms with Crippen LogP contribution in [0.4, 0.5) is 0 Å². The highest BCUT2D eigenvalue weighted by Crippen LogP contribution is 2.07. The molecule has 1 nitrogen and oxygen atoms in total. The average Bonchev–Trinajstić information content (AvgIpc) is 2.15. The van der Waals surface area contributed by atoms with E-state index >= 15 is 0 Å². The first-order chi connectivity index (χ1) is 6.24. The maximum Gasteiger partial charge on any atom is 0.0382 e. The minimum atomic E-state index is 0.434. The van der Waals surface area contributed by atoms with Crippen LogP contribution in [0.2, 0.25) is 0 Å². The first-order valence-electron chi connectivity index (χ1n) is 4.50.